The van der Waals surface area contributed by atoms with Gasteiger partial charge in [0, 0.05) is 44.2 Å². The fraction of sp³-hybridized carbons (Fsp3) is 0.611. The molecule has 3 N–H and O–H groups in total. The molecule has 2 aromatic heterocycles. The summed E-state index contributed by atoms with van der Waals surface area (Å²) in [5.41, 5.74) is 0.502. The van der Waals surface area contributed by atoms with E-state index < -0.39 is 12.0 Å². The number of halogens is 3. The average molecular weight is 431 g/mol. The summed E-state index contributed by atoms with van der Waals surface area (Å²) in [6, 6.07) is 3.30. The minimum absolute atomic E-state index is 0. The number of alkyl halides is 2. The maximum absolute atomic E-state index is 13.4. The van der Waals surface area contributed by atoms with Crippen molar-refractivity contribution in [2.45, 2.75) is 56.8 Å². The molecular formula is C18H25ClF2N6O2. The fourth-order valence-corrected chi connectivity index (χ4v) is 3.23. The third-order valence-electron chi connectivity index (χ3n) is 5.03. The molecule has 11 heteroatoms. The highest BCUT2D eigenvalue weighted by atomic mass is 35.5. The second-order valence-electron chi connectivity index (χ2n) is 7.43. The highest BCUT2D eigenvalue weighted by Crippen LogP contribution is 2.34. The van der Waals surface area contributed by atoms with E-state index in [4.69, 9.17) is 4.74 Å². The highest BCUT2D eigenvalue weighted by molar-refractivity contribution is 5.85. The van der Waals surface area contributed by atoms with Gasteiger partial charge in [-0.1, -0.05) is 0 Å². The number of rotatable bonds is 6. The van der Waals surface area contributed by atoms with E-state index in [0.717, 1.165) is 13.1 Å². The molecule has 8 nitrogen and oxygen atoms in total. The van der Waals surface area contributed by atoms with Crippen LogP contribution >= 0.6 is 12.4 Å². The lowest BCUT2D eigenvalue weighted by molar-refractivity contribution is -0.0361. The van der Waals surface area contributed by atoms with Gasteiger partial charge in [-0.3, -0.25) is 0 Å². The van der Waals surface area contributed by atoms with Gasteiger partial charge in [0.25, 0.3) is 5.95 Å². The lowest BCUT2D eigenvalue weighted by Gasteiger charge is -2.30. The van der Waals surface area contributed by atoms with E-state index in [1.54, 1.807) is 25.3 Å². The van der Waals surface area contributed by atoms with Crippen LogP contribution in [0.4, 0.5) is 14.6 Å². The minimum atomic E-state index is -2.58. The van der Waals surface area contributed by atoms with Crippen LogP contribution in [0.1, 0.15) is 44.4 Å². The molecular weight excluding hydrogens is 406 g/mol. The summed E-state index contributed by atoms with van der Waals surface area (Å²) in [5, 5.41) is 20.3. The van der Waals surface area contributed by atoms with Crippen molar-refractivity contribution in [3.05, 3.63) is 24.0 Å². The zero-order chi connectivity index (χ0) is 19.7. The molecule has 1 aliphatic carbocycles. The Morgan fingerprint density at radius 1 is 1.31 bits per heavy atom. The number of aliphatic hydroxyl groups is 1. The van der Waals surface area contributed by atoms with Crippen molar-refractivity contribution in [3.8, 4) is 11.8 Å². The number of anilines is 1. The van der Waals surface area contributed by atoms with Crippen molar-refractivity contribution in [3.63, 3.8) is 0 Å². The maximum Gasteiger partial charge on any atom is 0.255 e. The predicted molar refractivity (Wildman–Crippen MR) is 105 cm³/mol. The summed E-state index contributed by atoms with van der Waals surface area (Å²) in [5.74, 6) is -1.38. The Bertz CT molecular complexity index is 820. The first-order chi connectivity index (χ1) is 13.4. The number of nitrogens with one attached hydrogen (secondary N) is 2. The van der Waals surface area contributed by atoms with E-state index in [9.17, 15) is 13.9 Å². The zero-order valence-corrected chi connectivity index (χ0v) is 16.8. The Kier molecular flexibility index (Phi) is 6.55. The van der Waals surface area contributed by atoms with Gasteiger partial charge in [-0.15, -0.1) is 12.4 Å². The largest absolute Gasteiger partial charge is 0.471 e. The van der Waals surface area contributed by atoms with E-state index in [1.165, 1.54) is 4.68 Å². The molecule has 1 atom stereocenters. The van der Waals surface area contributed by atoms with Crippen molar-refractivity contribution < 1.29 is 18.6 Å². The first-order valence-corrected chi connectivity index (χ1v) is 9.53. The minimum Gasteiger partial charge on any atom is -0.471 e. The standard InChI is InChI=1S/C18H24F2N6O2.ClH/c1-11(27)14-4-7-26(25-14)17-23-15(8-16(24-17)28-13-9-21-10-13)22-12-2-5-18(19,20)6-3-12;/h4,7-8,11-13,21,27H,2-3,5-6,9-10H2,1H3,(H,22,23,24);1H. The van der Waals surface area contributed by atoms with Gasteiger partial charge in [-0.25, -0.2) is 13.5 Å². The first kappa shape index (κ1) is 21.7. The van der Waals surface area contributed by atoms with Gasteiger partial charge < -0.3 is 20.5 Å². The van der Waals surface area contributed by atoms with E-state index >= 15 is 0 Å². The maximum atomic E-state index is 13.4. The Morgan fingerprint density at radius 2 is 2.03 bits per heavy atom. The summed E-state index contributed by atoms with van der Waals surface area (Å²) in [6.45, 7) is 3.12. The number of aromatic nitrogens is 4. The molecule has 160 valence electrons. The SMILES string of the molecule is CC(O)c1ccn(-c2nc(NC3CCC(F)(F)CC3)cc(OC3CNC3)n2)n1.Cl. The molecule has 2 aliphatic rings. The van der Waals surface area contributed by atoms with Crippen LogP contribution in [-0.2, 0) is 0 Å². The van der Waals surface area contributed by atoms with Gasteiger partial charge >= 0.3 is 0 Å². The molecule has 29 heavy (non-hydrogen) atoms. The first-order valence-electron chi connectivity index (χ1n) is 9.53. The molecule has 0 bridgehead atoms. The van der Waals surface area contributed by atoms with Crippen LogP contribution in [0, 0.1) is 0 Å². The topological polar surface area (TPSA) is 97.1 Å². The fourth-order valence-electron chi connectivity index (χ4n) is 3.23. The smallest absolute Gasteiger partial charge is 0.255 e. The monoisotopic (exact) mass is 430 g/mol. The van der Waals surface area contributed by atoms with Crippen LogP contribution in [0.3, 0.4) is 0 Å². The van der Waals surface area contributed by atoms with Crippen LogP contribution in [0.2, 0.25) is 0 Å². The number of nitrogens with zero attached hydrogens (tertiary/aromatic N) is 4. The molecule has 2 fully saturated rings. The Hall–Kier alpha value is -2.04. The van der Waals surface area contributed by atoms with E-state index in [1.807, 2.05) is 0 Å². The predicted octanol–water partition coefficient (Wildman–Crippen LogP) is 2.48. The third kappa shape index (κ3) is 5.31. The summed E-state index contributed by atoms with van der Waals surface area (Å²) < 4.78 is 34.2. The molecule has 3 heterocycles. The van der Waals surface area contributed by atoms with E-state index in [0.29, 0.717) is 36.2 Å². The number of aliphatic hydroxyl groups excluding tert-OH is 1. The van der Waals surface area contributed by atoms with Gasteiger partial charge in [-0.05, 0) is 25.8 Å². The molecule has 2 aromatic rings. The molecule has 0 radical (unpaired) electrons. The van der Waals surface area contributed by atoms with Crippen molar-refractivity contribution in [1.82, 2.24) is 25.1 Å². The van der Waals surface area contributed by atoms with Crippen molar-refractivity contribution >= 4 is 18.2 Å². The van der Waals surface area contributed by atoms with Crippen LogP contribution in [0.25, 0.3) is 5.95 Å². The van der Waals surface area contributed by atoms with Gasteiger partial charge in [0.15, 0.2) is 0 Å². The normalized spacial score (nSPS) is 20.4. The highest BCUT2D eigenvalue weighted by Gasteiger charge is 2.35. The van der Waals surface area contributed by atoms with E-state index in [2.05, 4.69) is 25.7 Å². The second-order valence-corrected chi connectivity index (χ2v) is 7.43. The Labute approximate surface area is 173 Å². The molecule has 1 aliphatic heterocycles. The molecule has 1 saturated heterocycles. The zero-order valence-electron chi connectivity index (χ0n) is 16.0. The van der Waals surface area contributed by atoms with Gasteiger partial charge in [0.05, 0.1) is 11.8 Å². The lowest BCUT2D eigenvalue weighted by atomic mass is 9.92. The average Bonchev–Trinajstić information content (AvgIpc) is 3.10. The van der Waals surface area contributed by atoms with Crippen LogP contribution in [0.15, 0.2) is 18.3 Å². The van der Waals surface area contributed by atoms with Crippen molar-refractivity contribution in [2.24, 2.45) is 0 Å². The Morgan fingerprint density at radius 3 is 2.62 bits per heavy atom. The van der Waals surface area contributed by atoms with Crippen LogP contribution in [0.5, 0.6) is 5.88 Å². The summed E-state index contributed by atoms with van der Waals surface area (Å²) in [7, 11) is 0. The second kappa shape index (κ2) is 8.76. The lowest BCUT2D eigenvalue weighted by Crippen LogP contribution is -2.50. The third-order valence-corrected chi connectivity index (χ3v) is 5.03. The van der Waals surface area contributed by atoms with Crippen LogP contribution in [-0.4, -0.2) is 56.0 Å². The summed E-state index contributed by atoms with van der Waals surface area (Å²) >= 11 is 0. The summed E-state index contributed by atoms with van der Waals surface area (Å²) in [6.07, 6.45) is 1.49. The number of hydrogen-bond donors (Lipinski definition) is 3. The molecule has 1 saturated carbocycles. The van der Waals surface area contributed by atoms with E-state index in [-0.39, 0.29) is 37.4 Å². The quantitative estimate of drug-likeness (QED) is 0.647. The molecule has 0 spiro atoms. The van der Waals surface area contributed by atoms with Gasteiger partial charge in [-0.2, -0.15) is 15.1 Å². The number of hydrogen-bond acceptors (Lipinski definition) is 7. The van der Waals surface area contributed by atoms with Gasteiger partial charge in [0.1, 0.15) is 11.9 Å². The summed E-state index contributed by atoms with van der Waals surface area (Å²) in [4.78, 5) is 8.88. The van der Waals surface area contributed by atoms with Crippen molar-refractivity contribution in [2.75, 3.05) is 18.4 Å². The Balaban J connectivity index is 0.00000240. The van der Waals surface area contributed by atoms with Gasteiger partial charge in [0.2, 0.25) is 11.8 Å². The number of ether oxygens (including phenoxy) is 1. The van der Waals surface area contributed by atoms with Crippen molar-refractivity contribution in [1.29, 1.82) is 0 Å². The molecule has 0 amide bonds. The molecule has 1 unspecified atom stereocenters. The molecule has 4 rings (SSSR count). The van der Waals surface area contributed by atoms with Crippen LogP contribution < -0.4 is 15.4 Å². The molecule has 0 aromatic carbocycles.